The van der Waals surface area contributed by atoms with Crippen molar-refractivity contribution < 1.29 is 14.1 Å². The molecule has 0 saturated heterocycles. The number of anilines is 1. The minimum atomic E-state index is -0.781. The van der Waals surface area contributed by atoms with Gasteiger partial charge >= 0.3 is 11.8 Å². The van der Waals surface area contributed by atoms with Gasteiger partial charge in [0.15, 0.2) is 5.82 Å². The van der Waals surface area contributed by atoms with Gasteiger partial charge in [0.05, 0.1) is 6.04 Å². The molecule has 2 N–H and O–H groups in total. The Morgan fingerprint density at radius 1 is 1.16 bits per heavy atom. The van der Waals surface area contributed by atoms with E-state index in [0.29, 0.717) is 0 Å². The van der Waals surface area contributed by atoms with Crippen molar-refractivity contribution >= 4 is 17.6 Å². The average molecular weight is 259 g/mol. The average Bonchev–Trinajstić information content (AvgIpc) is 2.92. The molecular weight excluding hydrogens is 246 g/mol. The molecule has 2 rings (SSSR count). The molecule has 0 spiro atoms. The van der Waals surface area contributed by atoms with Crippen LogP contribution in [0.4, 0.5) is 5.82 Å². The first-order valence-corrected chi connectivity index (χ1v) is 5.74. The van der Waals surface area contributed by atoms with Crippen LogP contribution in [0.25, 0.3) is 0 Å². The summed E-state index contributed by atoms with van der Waals surface area (Å²) in [5.74, 6) is -1.30. The topological polar surface area (TPSA) is 84.2 Å². The van der Waals surface area contributed by atoms with Gasteiger partial charge in [-0.05, 0) is 12.5 Å². The molecule has 2 aromatic rings. The third-order valence-corrected chi connectivity index (χ3v) is 2.53. The van der Waals surface area contributed by atoms with Crippen LogP contribution in [0.2, 0.25) is 0 Å². The summed E-state index contributed by atoms with van der Waals surface area (Å²) in [5.41, 5.74) is 0.921. The van der Waals surface area contributed by atoms with E-state index in [1.807, 2.05) is 30.3 Å². The van der Waals surface area contributed by atoms with Crippen LogP contribution in [0, 0.1) is 0 Å². The van der Waals surface area contributed by atoms with Gasteiger partial charge in [0.25, 0.3) is 0 Å². The van der Waals surface area contributed by atoms with E-state index >= 15 is 0 Å². The van der Waals surface area contributed by atoms with Crippen LogP contribution in [0.3, 0.4) is 0 Å². The molecule has 1 unspecified atom stereocenters. The second kappa shape index (κ2) is 5.81. The summed E-state index contributed by atoms with van der Waals surface area (Å²) >= 11 is 0. The molecular formula is C13H13N3O3. The maximum Gasteiger partial charge on any atom is 0.314 e. The molecule has 0 aliphatic heterocycles. The number of hydrogen-bond donors (Lipinski definition) is 2. The summed E-state index contributed by atoms with van der Waals surface area (Å²) in [4.78, 5) is 23.2. The highest BCUT2D eigenvalue weighted by Gasteiger charge is 2.17. The van der Waals surface area contributed by atoms with Gasteiger partial charge in [0.2, 0.25) is 0 Å². The molecule has 6 heteroatoms. The van der Waals surface area contributed by atoms with Gasteiger partial charge in [-0.1, -0.05) is 35.5 Å². The highest BCUT2D eigenvalue weighted by Crippen LogP contribution is 2.10. The van der Waals surface area contributed by atoms with E-state index < -0.39 is 11.8 Å². The lowest BCUT2D eigenvalue weighted by molar-refractivity contribution is -0.136. The maximum atomic E-state index is 11.7. The lowest BCUT2D eigenvalue weighted by atomic mass is 10.1. The standard InChI is InChI=1S/C13H13N3O3/c1-9(10-5-3-2-4-6-10)14-12(17)13(18)15-11-7-8-19-16-11/h2-9H,1H3,(H,14,17)(H,15,16,18). The fourth-order valence-electron chi connectivity index (χ4n) is 1.54. The summed E-state index contributed by atoms with van der Waals surface area (Å²) in [5, 5.41) is 8.41. The fourth-order valence-corrected chi connectivity index (χ4v) is 1.54. The van der Waals surface area contributed by atoms with Gasteiger partial charge in [-0.3, -0.25) is 14.9 Å². The SMILES string of the molecule is CC(NC(=O)C(=O)Nc1ccon1)c1ccccc1. The van der Waals surface area contributed by atoms with Crippen molar-refractivity contribution in [2.75, 3.05) is 5.32 Å². The molecule has 0 radical (unpaired) electrons. The molecule has 1 aromatic heterocycles. The third kappa shape index (κ3) is 3.41. The molecule has 1 atom stereocenters. The summed E-state index contributed by atoms with van der Waals surface area (Å²) < 4.78 is 4.55. The smallest absolute Gasteiger partial charge is 0.314 e. The first-order valence-electron chi connectivity index (χ1n) is 5.74. The number of benzene rings is 1. The van der Waals surface area contributed by atoms with Crippen molar-refractivity contribution in [3.05, 3.63) is 48.2 Å². The Balaban J connectivity index is 1.92. The van der Waals surface area contributed by atoms with Crippen LogP contribution < -0.4 is 10.6 Å². The molecule has 0 bridgehead atoms. The fraction of sp³-hybridized carbons (Fsp3) is 0.154. The van der Waals surface area contributed by atoms with Crippen LogP contribution >= 0.6 is 0 Å². The predicted octanol–water partition coefficient (Wildman–Crippen LogP) is 1.49. The minimum absolute atomic E-state index is 0.201. The van der Waals surface area contributed by atoms with E-state index in [4.69, 9.17) is 0 Å². The largest absolute Gasteiger partial charge is 0.363 e. The quantitative estimate of drug-likeness (QED) is 0.818. The molecule has 0 fully saturated rings. The molecule has 0 aliphatic carbocycles. The molecule has 19 heavy (non-hydrogen) atoms. The molecule has 0 saturated carbocycles. The van der Waals surface area contributed by atoms with Crippen LogP contribution in [-0.2, 0) is 9.59 Å². The second-order valence-corrected chi connectivity index (χ2v) is 3.94. The molecule has 1 heterocycles. The maximum absolute atomic E-state index is 11.7. The Kier molecular flexibility index (Phi) is 3.92. The summed E-state index contributed by atoms with van der Waals surface area (Å²) in [6.45, 7) is 1.80. The Morgan fingerprint density at radius 3 is 2.53 bits per heavy atom. The first kappa shape index (κ1) is 12.8. The summed E-state index contributed by atoms with van der Waals surface area (Å²) in [6, 6.07) is 10.6. The number of rotatable bonds is 3. The molecule has 1 aromatic carbocycles. The van der Waals surface area contributed by atoms with Gasteiger partial charge in [-0.15, -0.1) is 0 Å². The van der Waals surface area contributed by atoms with E-state index in [-0.39, 0.29) is 11.9 Å². The number of nitrogens with one attached hydrogen (secondary N) is 2. The zero-order valence-corrected chi connectivity index (χ0v) is 10.3. The predicted molar refractivity (Wildman–Crippen MR) is 68.1 cm³/mol. The minimum Gasteiger partial charge on any atom is -0.363 e. The van der Waals surface area contributed by atoms with Gasteiger partial charge < -0.3 is 9.84 Å². The molecule has 0 aliphatic rings. The third-order valence-electron chi connectivity index (χ3n) is 2.53. The van der Waals surface area contributed by atoms with Crippen molar-refractivity contribution in [2.24, 2.45) is 0 Å². The number of nitrogens with zero attached hydrogens (tertiary/aromatic N) is 1. The van der Waals surface area contributed by atoms with Crippen molar-refractivity contribution in [1.82, 2.24) is 10.5 Å². The number of aromatic nitrogens is 1. The van der Waals surface area contributed by atoms with E-state index in [1.165, 1.54) is 12.3 Å². The Labute approximate surface area is 109 Å². The monoisotopic (exact) mass is 259 g/mol. The lowest BCUT2D eigenvalue weighted by Gasteiger charge is -2.13. The number of amides is 2. The van der Waals surface area contributed by atoms with Gasteiger partial charge in [0, 0.05) is 6.07 Å². The first-order chi connectivity index (χ1) is 9.16. The number of carbonyl (C=O) groups excluding carboxylic acids is 2. The van der Waals surface area contributed by atoms with Gasteiger partial charge in [-0.2, -0.15) is 0 Å². The normalized spacial score (nSPS) is 11.6. The van der Waals surface area contributed by atoms with E-state index in [1.54, 1.807) is 6.92 Å². The summed E-state index contributed by atoms with van der Waals surface area (Å²) in [6.07, 6.45) is 1.31. The second-order valence-electron chi connectivity index (χ2n) is 3.94. The lowest BCUT2D eigenvalue weighted by Crippen LogP contribution is -2.36. The molecule has 98 valence electrons. The number of hydrogen-bond acceptors (Lipinski definition) is 4. The van der Waals surface area contributed by atoms with Crippen LogP contribution in [0.15, 0.2) is 47.2 Å². The zero-order valence-electron chi connectivity index (χ0n) is 10.3. The zero-order chi connectivity index (χ0) is 13.7. The Hall–Kier alpha value is -2.63. The van der Waals surface area contributed by atoms with E-state index in [9.17, 15) is 9.59 Å². The number of carbonyl (C=O) groups is 2. The molecule has 2 amide bonds. The van der Waals surface area contributed by atoms with Gasteiger partial charge in [0.1, 0.15) is 6.26 Å². The van der Waals surface area contributed by atoms with Crippen molar-refractivity contribution in [1.29, 1.82) is 0 Å². The van der Waals surface area contributed by atoms with E-state index in [0.717, 1.165) is 5.56 Å². The Morgan fingerprint density at radius 2 is 1.89 bits per heavy atom. The van der Waals surface area contributed by atoms with Crippen molar-refractivity contribution in [3.8, 4) is 0 Å². The van der Waals surface area contributed by atoms with Crippen molar-refractivity contribution in [2.45, 2.75) is 13.0 Å². The highest BCUT2D eigenvalue weighted by molar-refractivity contribution is 6.39. The van der Waals surface area contributed by atoms with E-state index in [2.05, 4.69) is 20.3 Å². The van der Waals surface area contributed by atoms with Crippen LogP contribution in [-0.4, -0.2) is 17.0 Å². The summed E-state index contributed by atoms with van der Waals surface area (Å²) in [7, 11) is 0. The Bertz CT molecular complexity index is 552. The van der Waals surface area contributed by atoms with Crippen LogP contribution in [0.1, 0.15) is 18.5 Å². The van der Waals surface area contributed by atoms with Gasteiger partial charge in [-0.25, -0.2) is 0 Å². The highest BCUT2D eigenvalue weighted by atomic mass is 16.5. The van der Waals surface area contributed by atoms with Crippen molar-refractivity contribution in [3.63, 3.8) is 0 Å². The van der Waals surface area contributed by atoms with Crippen LogP contribution in [0.5, 0.6) is 0 Å². The molecule has 6 nitrogen and oxygen atoms in total.